The predicted molar refractivity (Wildman–Crippen MR) is 50.7 cm³/mol. The number of halogens is 6. The number of alkyl halides is 3. The molecular formula is C10H7F6NO2. The Bertz CT molecular complexity index is 464. The fraction of sp³-hybridized carbons (Fsp3) is 0.300. The summed E-state index contributed by atoms with van der Waals surface area (Å²) in [4.78, 5) is 11.2. The van der Waals surface area contributed by atoms with Crippen LogP contribution in [-0.2, 0) is 0 Å². The molecule has 2 N–H and O–H groups in total. The zero-order valence-corrected chi connectivity index (χ0v) is 9.06. The Kier molecular flexibility index (Phi) is 4.40. The van der Waals surface area contributed by atoms with Gasteiger partial charge in [-0.05, 0) is 0 Å². The third-order valence-corrected chi connectivity index (χ3v) is 2.07. The molecule has 1 atom stereocenters. The molecule has 1 aromatic rings. The van der Waals surface area contributed by atoms with Crippen LogP contribution in [0.2, 0.25) is 0 Å². The van der Waals surface area contributed by atoms with Gasteiger partial charge < -0.3 is 10.4 Å². The number of hydrogen-bond donors (Lipinski definition) is 2. The molecule has 1 unspecified atom stereocenters. The summed E-state index contributed by atoms with van der Waals surface area (Å²) in [5, 5.41) is 10.1. The largest absolute Gasteiger partial charge is 0.416 e. The molecule has 0 aliphatic rings. The summed E-state index contributed by atoms with van der Waals surface area (Å²) in [7, 11) is 0. The maximum atomic E-state index is 13.1. The van der Waals surface area contributed by atoms with E-state index in [1.165, 1.54) is 5.32 Å². The number of nitrogens with one attached hydrogen (secondary N) is 1. The Labute approximate surface area is 102 Å². The van der Waals surface area contributed by atoms with Crippen molar-refractivity contribution in [3.8, 4) is 0 Å². The van der Waals surface area contributed by atoms with E-state index < -0.39 is 47.7 Å². The van der Waals surface area contributed by atoms with Gasteiger partial charge >= 0.3 is 6.18 Å². The molecule has 0 heterocycles. The molecule has 3 nitrogen and oxygen atoms in total. The molecule has 1 aromatic carbocycles. The lowest BCUT2D eigenvalue weighted by molar-refractivity contribution is -0.201. The standard InChI is InChI=1S/C10H7F6NO2/c11-4-1-5(12)8(6(13)2-4)9(19)17-3-7(18)10(14,15)16/h1-2,7,18H,3H2,(H,17,19). The van der Waals surface area contributed by atoms with Gasteiger partial charge in [0.2, 0.25) is 0 Å². The molecule has 0 bridgehead atoms. The number of benzene rings is 1. The van der Waals surface area contributed by atoms with E-state index in [4.69, 9.17) is 5.11 Å². The third-order valence-electron chi connectivity index (χ3n) is 2.07. The quantitative estimate of drug-likeness (QED) is 0.832. The van der Waals surface area contributed by atoms with Crippen molar-refractivity contribution in [1.82, 2.24) is 5.32 Å². The molecule has 1 rings (SSSR count). The first kappa shape index (κ1) is 15.3. The molecule has 0 aliphatic carbocycles. The Morgan fingerprint density at radius 2 is 1.68 bits per heavy atom. The first-order chi connectivity index (χ1) is 8.62. The molecule has 0 aliphatic heterocycles. The number of aliphatic hydroxyl groups excluding tert-OH is 1. The van der Waals surface area contributed by atoms with Crippen molar-refractivity contribution in [2.24, 2.45) is 0 Å². The smallest absolute Gasteiger partial charge is 0.382 e. The third kappa shape index (κ3) is 3.85. The molecule has 9 heteroatoms. The van der Waals surface area contributed by atoms with Crippen molar-refractivity contribution in [2.45, 2.75) is 12.3 Å². The number of rotatable bonds is 3. The number of carbonyl (C=O) groups is 1. The SMILES string of the molecule is O=C(NCC(O)C(F)(F)F)c1c(F)cc(F)cc1F. The van der Waals surface area contributed by atoms with Gasteiger partial charge in [-0.25, -0.2) is 13.2 Å². The number of amides is 1. The summed E-state index contributed by atoms with van der Waals surface area (Å²) in [5.74, 6) is -5.92. The monoisotopic (exact) mass is 287 g/mol. The Morgan fingerprint density at radius 1 is 1.21 bits per heavy atom. The summed E-state index contributed by atoms with van der Waals surface area (Å²) < 4.78 is 74.5. The van der Waals surface area contributed by atoms with Crippen LogP contribution in [0.25, 0.3) is 0 Å². The van der Waals surface area contributed by atoms with E-state index in [1.807, 2.05) is 0 Å². The molecule has 0 spiro atoms. The van der Waals surface area contributed by atoms with Crippen LogP contribution in [0.15, 0.2) is 12.1 Å². The highest BCUT2D eigenvalue weighted by Gasteiger charge is 2.38. The lowest BCUT2D eigenvalue weighted by atomic mass is 10.1. The zero-order chi connectivity index (χ0) is 14.8. The number of carbonyl (C=O) groups excluding carboxylic acids is 1. The normalized spacial score (nSPS) is 13.2. The van der Waals surface area contributed by atoms with Crippen LogP contribution in [0.3, 0.4) is 0 Å². The van der Waals surface area contributed by atoms with Crippen LogP contribution in [0, 0.1) is 17.5 Å². The Morgan fingerprint density at radius 3 is 2.11 bits per heavy atom. The van der Waals surface area contributed by atoms with Crippen molar-refractivity contribution < 1.29 is 36.2 Å². The highest BCUT2D eigenvalue weighted by atomic mass is 19.4. The minimum atomic E-state index is -4.98. The van der Waals surface area contributed by atoms with Gasteiger partial charge in [0, 0.05) is 12.1 Å². The van der Waals surface area contributed by atoms with Crippen LogP contribution in [0.1, 0.15) is 10.4 Å². The number of aliphatic hydroxyl groups is 1. The van der Waals surface area contributed by atoms with E-state index in [-0.39, 0.29) is 12.1 Å². The molecule has 106 valence electrons. The minimum absolute atomic E-state index is 0.207. The van der Waals surface area contributed by atoms with Crippen LogP contribution in [0.4, 0.5) is 26.3 Å². The first-order valence-corrected chi connectivity index (χ1v) is 4.80. The highest BCUT2D eigenvalue weighted by molar-refractivity contribution is 5.94. The van der Waals surface area contributed by atoms with E-state index >= 15 is 0 Å². The molecule has 0 aromatic heterocycles. The van der Waals surface area contributed by atoms with Crippen molar-refractivity contribution in [1.29, 1.82) is 0 Å². The molecule has 1 amide bonds. The van der Waals surface area contributed by atoms with Crippen LogP contribution in [-0.4, -0.2) is 29.8 Å². The summed E-state index contributed by atoms with van der Waals surface area (Å²) in [5.41, 5.74) is -1.23. The zero-order valence-electron chi connectivity index (χ0n) is 9.06. The maximum Gasteiger partial charge on any atom is 0.416 e. The molecule has 0 fully saturated rings. The average Bonchev–Trinajstić information content (AvgIpc) is 2.22. The summed E-state index contributed by atoms with van der Waals surface area (Å²) in [6, 6.07) is 0.413. The lowest BCUT2D eigenvalue weighted by Gasteiger charge is -2.15. The number of hydrogen-bond acceptors (Lipinski definition) is 2. The average molecular weight is 287 g/mol. The summed E-state index contributed by atoms with van der Waals surface area (Å²) >= 11 is 0. The van der Waals surface area contributed by atoms with Gasteiger partial charge in [0.25, 0.3) is 5.91 Å². The summed E-state index contributed by atoms with van der Waals surface area (Å²) in [6.07, 6.45) is -7.85. The van der Waals surface area contributed by atoms with E-state index in [0.29, 0.717) is 0 Å². The molecule has 0 saturated carbocycles. The van der Waals surface area contributed by atoms with Crippen molar-refractivity contribution in [3.63, 3.8) is 0 Å². The fourth-order valence-corrected chi connectivity index (χ4v) is 1.15. The molecule has 0 saturated heterocycles. The minimum Gasteiger partial charge on any atom is -0.382 e. The van der Waals surface area contributed by atoms with Crippen molar-refractivity contribution in [3.05, 3.63) is 35.1 Å². The Hall–Kier alpha value is -1.77. The van der Waals surface area contributed by atoms with Crippen LogP contribution < -0.4 is 5.32 Å². The van der Waals surface area contributed by atoms with Crippen LogP contribution >= 0.6 is 0 Å². The fourth-order valence-electron chi connectivity index (χ4n) is 1.15. The molecule has 19 heavy (non-hydrogen) atoms. The van der Waals surface area contributed by atoms with Crippen molar-refractivity contribution >= 4 is 5.91 Å². The van der Waals surface area contributed by atoms with Gasteiger partial charge in [0.05, 0.1) is 6.54 Å². The molecular weight excluding hydrogens is 280 g/mol. The first-order valence-electron chi connectivity index (χ1n) is 4.80. The van der Waals surface area contributed by atoms with Gasteiger partial charge in [0.1, 0.15) is 23.0 Å². The maximum absolute atomic E-state index is 13.1. The molecule has 0 radical (unpaired) electrons. The lowest BCUT2D eigenvalue weighted by Crippen LogP contribution is -2.41. The van der Waals surface area contributed by atoms with Gasteiger partial charge in [-0.15, -0.1) is 0 Å². The van der Waals surface area contributed by atoms with E-state index in [2.05, 4.69) is 0 Å². The van der Waals surface area contributed by atoms with E-state index in [0.717, 1.165) is 0 Å². The van der Waals surface area contributed by atoms with Gasteiger partial charge in [-0.2, -0.15) is 13.2 Å². The second kappa shape index (κ2) is 5.47. The topological polar surface area (TPSA) is 49.3 Å². The van der Waals surface area contributed by atoms with E-state index in [1.54, 1.807) is 0 Å². The summed E-state index contributed by atoms with van der Waals surface area (Å²) in [6.45, 7) is -1.28. The highest BCUT2D eigenvalue weighted by Crippen LogP contribution is 2.19. The Balaban J connectivity index is 2.80. The van der Waals surface area contributed by atoms with Crippen molar-refractivity contribution in [2.75, 3.05) is 6.54 Å². The predicted octanol–water partition coefficient (Wildman–Crippen LogP) is 1.76. The van der Waals surface area contributed by atoms with E-state index in [9.17, 15) is 31.1 Å². The van der Waals surface area contributed by atoms with Gasteiger partial charge in [-0.3, -0.25) is 4.79 Å². The van der Waals surface area contributed by atoms with Crippen LogP contribution in [0.5, 0.6) is 0 Å². The second-order valence-corrected chi connectivity index (χ2v) is 3.51. The van der Waals surface area contributed by atoms with Gasteiger partial charge in [-0.1, -0.05) is 0 Å². The second-order valence-electron chi connectivity index (χ2n) is 3.51. The van der Waals surface area contributed by atoms with Gasteiger partial charge in [0.15, 0.2) is 6.10 Å².